The second-order valence-corrected chi connectivity index (χ2v) is 5.33. The van der Waals surface area contributed by atoms with Crippen molar-refractivity contribution in [1.82, 2.24) is 9.55 Å². The molecule has 3 N–H and O–H groups in total. The quantitative estimate of drug-likeness (QED) is 0.776. The number of para-hydroxylation sites is 2. The number of nitrogen functional groups attached to an aromatic ring is 1. The number of hydrogen-bond donors (Lipinski definition) is 2. The average molecular weight is 318 g/mol. The van der Waals surface area contributed by atoms with Gasteiger partial charge in [0.15, 0.2) is 0 Å². The smallest absolute Gasteiger partial charge is 0.201 e. The van der Waals surface area contributed by atoms with Gasteiger partial charge in [-0.3, -0.25) is 0 Å². The molecule has 116 valence electrons. The molecule has 3 aromatic rings. The van der Waals surface area contributed by atoms with Gasteiger partial charge in [-0.2, -0.15) is 0 Å². The van der Waals surface area contributed by atoms with Gasteiger partial charge in [0.05, 0.1) is 23.2 Å². The van der Waals surface area contributed by atoms with Crippen LogP contribution >= 0.6 is 12.4 Å². The lowest BCUT2D eigenvalue weighted by Gasteiger charge is -2.23. The van der Waals surface area contributed by atoms with Gasteiger partial charge in [-0.25, -0.2) is 4.98 Å². The van der Waals surface area contributed by atoms with Crippen molar-refractivity contribution in [3.05, 3.63) is 60.2 Å². The summed E-state index contributed by atoms with van der Waals surface area (Å²) in [6.07, 6.45) is 0.188. The zero-order chi connectivity index (χ0) is 14.8. The van der Waals surface area contributed by atoms with E-state index in [1.807, 2.05) is 47.0 Å². The molecule has 0 saturated heterocycles. The predicted molar refractivity (Wildman–Crippen MR) is 92.3 cm³/mol. The SMILES string of the molecule is C[C@H](O)[C@@H](Cc1ccccc1)n1c(N)nc2ccccc21.Cl. The lowest BCUT2D eigenvalue weighted by atomic mass is 10.0. The number of nitrogens with zero attached hydrogens (tertiary/aromatic N) is 2. The van der Waals surface area contributed by atoms with Gasteiger partial charge in [0.2, 0.25) is 5.95 Å². The molecule has 3 rings (SSSR count). The number of anilines is 1. The maximum atomic E-state index is 10.2. The topological polar surface area (TPSA) is 64.1 Å². The average Bonchev–Trinajstić information content (AvgIpc) is 2.81. The lowest BCUT2D eigenvalue weighted by Crippen LogP contribution is -2.25. The van der Waals surface area contributed by atoms with Crippen molar-refractivity contribution in [3.8, 4) is 0 Å². The van der Waals surface area contributed by atoms with Gasteiger partial charge in [0.25, 0.3) is 0 Å². The first kappa shape index (κ1) is 16.3. The first-order chi connectivity index (χ1) is 10.2. The van der Waals surface area contributed by atoms with Gasteiger partial charge < -0.3 is 15.4 Å². The molecule has 0 bridgehead atoms. The molecule has 0 amide bonds. The molecule has 4 nitrogen and oxygen atoms in total. The molecule has 1 heterocycles. The van der Waals surface area contributed by atoms with Crippen molar-refractivity contribution in [1.29, 1.82) is 0 Å². The summed E-state index contributed by atoms with van der Waals surface area (Å²) in [5, 5.41) is 10.2. The molecule has 0 unspecified atom stereocenters. The zero-order valence-electron chi connectivity index (χ0n) is 12.4. The summed E-state index contributed by atoms with van der Waals surface area (Å²) in [7, 11) is 0. The Morgan fingerprint density at radius 3 is 2.41 bits per heavy atom. The van der Waals surface area contributed by atoms with E-state index in [2.05, 4.69) is 17.1 Å². The maximum absolute atomic E-state index is 10.2. The van der Waals surface area contributed by atoms with Crippen LogP contribution in [-0.2, 0) is 6.42 Å². The van der Waals surface area contributed by atoms with E-state index in [0.717, 1.165) is 11.0 Å². The highest BCUT2D eigenvalue weighted by atomic mass is 35.5. The number of hydrogen-bond acceptors (Lipinski definition) is 3. The van der Waals surface area contributed by atoms with Gasteiger partial charge in [-0.15, -0.1) is 12.4 Å². The summed E-state index contributed by atoms with van der Waals surface area (Å²) in [5.41, 5.74) is 9.06. The van der Waals surface area contributed by atoms with Crippen LogP contribution in [0.15, 0.2) is 54.6 Å². The Morgan fingerprint density at radius 1 is 1.09 bits per heavy atom. The number of aromatic nitrogens is 2. The third-order valence-corrected chi connectivity index (χ3v) is 3.80. The van der Waals surface area contributed by atoms with Crippen LogP contribution < -0.4 is 5.73 Å². The fourth-order valence-corrected chi connectivity index (χ4v) is 2.74. The number of imidazole rings is 1. The van der Waals surface area contributed by atoms with Crippen molar-refractivity contribution < 1.29 is 5.11 Å². The summed E-state index contributed by atoms with van der Waals surface area (Å²) in [4.78, 5) is 4.39. The number of fused-ring (bicyclic) bond motifs is 1. The van der Waals surface area contributed by atoms with E-state index in [9.17, 15) is 5.11 Å². The van der Waals surface area contributed by atoms with Gasteiger partial charge in [0.1, 0.15) is 0 Å². The summed E-state index contributed by atoms with van der Waals surface area (Å²) >= 11 is 0. The number of aliphatic hydroxyl groups excluding tert-OH is 1. The third kappa shape index (κ3) is 3.08. The van der Waals surface area contributed by atoms with Crippen molar-refractivity contribution in [2.45, 2.75) is 25.5 Å². The Labute approximate surface area is 136 Å². The van der Waals surface area contributed by atoms with Crippen LogP contribution in [0.3, 0.4) is 0 Å². The Bertz CT molecular complexity index is 740. The molecular formula is C17H20ClN3O. The van der Waals surface area contributed by atoms with Crippen LogP contribution in [0.4, 0.5) is 5.95 Å². The largest absolute Gasteiger partial charge is 0.391 e. The van der Waals surface area contributed by atoms with Crippen LogP contribution in [0.5, 0.6) is 0 Å². The van der Waals surface area contributed by atoms with E-state index in [4.69, 9.17) is 5.73 Å². The normalized spacial score (nSPS) is 13.5. The minimum Gasteiger partial charge on any atom is -0.391 e. The third-order valence-electron chi connectivity index (χ3n) is 3.80. The van der Waals surface area contributed by atoms with Crippen molar-refractivity contribution in [3.63, 3.8) is 0 Å². The number of aliphatic hydroxyl groups is 1. The van der Waals surface area contributed by atoms with Crippen LogP contribution in [0.25, 0.3) is 11.0 Å². The maximum Gasteiger partial charge on any atom is 0.201 e. The number of halogens is 1. The van der Waals surface area contributed by atoms with Crippen LogP contribution in [0.2, 0.25) is 0 Å². The first-order valence-corrected chi connectivity index (χ1v) is 7.11. The molecule has 5 heteroatoms. The monoisotopic (exact) mass is 317 g/mol. The molecule has 0 aliphatic heterocycles. The predicted octanol–water partition coefficient (Wildman–Crippen LogP) is 3.20. The highest BCUT2D eigenvalue weighted by Crippen LogP contribution is 2.27. The molecule has 0 fully saturated rings. The molecule has 22 heavy (non-hydrogen) atoms. The lowest BCUT2D eigenvalue weighted by molar-refractivity contribution is 0.132. The summed E-state index contributed by atoms with van der Waals surface area (Å²) in [6, 6.07) is 17.8. The van der Waals surface area contributed by atoms with E-state index in [0.29, 0.717) is 12.4 Å². The first-order valence-electron chi connectivity index (χ1n) is 7.11. The van der Waals surface area contributed by atoms with Crippen LogP contribution in [0, 0.1) is 0 Å². The number of nitrogens with two attached hydrogens (primary N) is 1. The Hall–Kier alpha value is -2.04. The fraction of sp³-hybridized carbons (Fsp3) is 0.235. The highest BCUT2D eigenvalue weighted by molar-refractivity contribution is 5.85. The van der Waals surface area contributed by atoms with Crippen LogP contribution in [-0.4, -0.2) is 20.8 Å². The van der Waals surface area contributed by atoms with E-state index in [-0.39, 0.29) is 18.4 Å². The number of benzene rings is 2. The van der Waals surface area contributed by atoms with E-state index in [1.54, 1.807) is 6.92 Å². The van der Waals surface area contributed by atoms with Gasteiger partial charge in [-0.1, -0.05) is 42.5 Å². The van der Waals surface area contributed by atoms with E-state index >= 15 is 0 Å². The summed E-state index contributed by atoms with van der Waals surface area (Å²) < 4.78 is 1.94. The minimum atomic E-state index is -0.523. The highest BCUT2D eigenvalue weighted by Gasteiger charge is 2.22. The van der Waals surface area contributed by atoms with Crippen molar-refractivity contribution >= 4 is 29.4 Å². The van der Waals surface area contributed by atoms with Gasteiger partial charge >= 0.3 is 0 Å². The van der Waals surface area contributed by atoms with E-state index < -0.39 is 6.10 Å². The minimum absolute atomic E-state index is 0. The molecular weight excluding hydrogens is 298 g/mol. The molecule has 0 aliphatic rings. The zero-order valence-corrected chi connectivity index (χ0v) is 13.2. The molecule has 0 saturated carbocycles. The fourth-order valence-electron chi connectivity index (χ4n) is 2.74. The van der Waals surface area contributed by atoms with Gasteiger partial charge in [-0.05, 0) is 31.0 Å². The number of rotatable bonds is 4. The molecule has 2 aromatic carbocycles. The Kier molecular flexibility index (Phi) is 5.06. The Balaban J connectivity index is 0.00000176. The molecule has 0 spiro atoms. The second kappa shape index (κ2) is 6.81. The second-order valence-electron chi connectivity index (χ2n) is 5.33. The van der Waals surface area contributed by atoms with Gasteiger partial charge in [0, 0.05) is 0 Å². The Morgan fingerprint density at radius 2 is 1.73 bits per heavy atom. The molecule has 0 aliphatic carbocycles. The molecule has 2 atom stereocenters. The molecule has 1 aromatic heterocycles. The summed E-state index contributed by atoms with van der Waals surface area (Å²) in [5.74, 6) is 0.443. The van der Waals surface area contributed by atoms with Crippen molar-refractivity contribution in [2.75, 3.05) is 5.73 Å². The van der Waals surface area contributed by atoms with Crippen LogP contribution in [0.1, 0.15) is 18.5 Å². The standard InChI is InChI=1S/C17H19N3O.ClH/c1-12(21)16(11-13-7-3-2-4-8-13)20-15-10-6-5-9-14(15)19-17(20)18;/h2-10,12,16,21H,11H2,1H3,(H2,18,19);1H/t12-,16+;/m0./s1. The summed E-state index contributed by atoms with van der Waals surface area (Å²) in [6.45, 7) is 1.79. The molecule has 0 radical (unpaired) electrons. The van der Waals surface area contributed by atoms with E-state index in [1.165, 1.54) is 5.56 Å². The van der Waals surface area contributed by atoms with Crippen molar-refractivity contribution in [2.24, 2.45) is 0 Å².